The summed E-state index contributed by atoms with van der Waals surface area (Å²) in [6.07, 6.45) is 0.930. The molecule has 0 unspecified atom stereocenters. The van der Waals surface area contributed by atoms with E-state index in [0.717, 1.165) is 13.0 Å². The van der Waals surface area contributed by atoms with Crippen LogP contribution in [0.15, 0.2) is 82.0 Å². The quantitative estimate of drug-likeness (QED) is 0.556. The third-order valence-corrected chi connectivity index (χ3v) is 4.44. The molecule has 0 spiro atoms. The van der Waals surface area contributed by atoms with Crippen LogP contribution in [-0.4, -0.2) is 6.54 Å². The topological polar surface area (TPSA) is 42.2 Å². The lowest BCUT2D eigenvalue weighted by Gasteiger charge is -2.08. The zero-order valence-corrected chi connectivity index (χ0v) is 13.9. The minimum absolute atomic E-state index is 0.00713. The monoisotopic (exact) mass is 329 g/mol. The van der Waals surface area contributed by atoms with Crippen LogP contribution in [0, 0.1) is 0 Å². The van der Waals surface area contributed by atoms with Crippen LogP contribution in [0.4, 0.5) is 0 Å². The predicted molar refractivity (Wildman–Crippen MR) is 102 cm³/mol. The van der Waals surface area contributed by atoms with Crippen molar-refractivity contribution >= 4 is 21.7 Å². The van der Waals surface area contributed by atoms with Gasteiger partial charge < -0.3 is 9.73 Å². The maximum atomic E-state index is 12.1. The van der Waals surface area contributed by atoms with Crippen molar-refractivity contribution in [2.45, 2.75) is 13.0 Å². The molecule has 3 heteroatoms. The van der Waals surface area contributed by atoms with Crippen LogP contribution in [0.1, 0.15) is 11.3 Å². The molecule has 25 heavy (non-hydrogen) atoms. The Labute approximate surface area is 145 Å². The molecule has 0 radical (unpaired) electrons. The van der Waals surface area contributed by atoms with Crippen molar-refractivity contribution in [2.24, 2.45) is 0 Å². The summed E-state index contributed by atoms with van der Waals surface area (Å²) in [7, 11) is 0. The van der Waals surface area contributed by atoms with Gasteiger partial charge in [0, 0.05) is 6.07 Å². The van der Waals surface area contributed by atoms with E-state index < -0.39 is 0 Å². The molecule has 0 aliphatic heterocycles. The second kappa shape index (κ2) is 6.91. The van der Waals surface area contributed by atoms with E-state index in [-0.39, 0.29) is 5.43 Å². The molecule has 0 bridgehead atoms. The molecule has 0 aliphatic rings. The van der Waals surface area contributed by atoms with Crippen molar-refractivity contribution in [3.63, 3.8) is 0 Å². The van der Waals surface area contributed by atoms with Gasteiger partial charge in [0.05, 0.1) is 11.9 Å². The Bertz CT molecular complexity index is 1080. The summed E-state index contributed by atoms with van der Waals surface area (Å²) < 4.78 is 5.80. The fourth-order valence-corrected chi connectivity index (χ4v) is 3.19. The van der Waals surface area contributed by atoms with Gasteiger partial charge in [0.2, 0.25) is 0 Å². The molecule has 0 fully saturated rings. The van der Waals surface area contributed by atoms with Crippen LogP contribution < -0.4 is 10.7 Å². The van der Waals surface area contributed by atoms with Crippen molar-refractivity contribution in [1.29, 1.82) is 0 Å². The van der Waals surface area contributed by atoms with Crippen molar-refractivity contribution in [3.05, 3.63) is 94.3 Å². The Morgan fingerprint density at radius 3 is 2.52 bits per heavy atom. The lowest BCUT2D eigenvalue weighted by Crippen LogP contribution is -2.18. The van der Waals surface area contributed by atoms with Crippen molar-refractivity contribution < 1.29 is 4.42 Å². The van der Waals surface area contributed by atoms with Crippen molar-refractivity contribution in [1.82, 2.24) is 5.32 Å². The molecule has 3 aromatic carbocycles. The molecule has 4 aromatic rings. The number of para-hydroxylation sites is 1. The van der Waals surface area contributed by atoms with Crippen LogP contribution in [-0.2, 0) is 13.0 Å². The van der Waals surface area contributed by atoms with Crippen LogP contribution in [0.5, 0.6) is 0 Å². The summed E-state index contributed by atoms with van der Waals surface area (Å²) in [6.45, 7) is 1.37. The summed E-state index contributed by atoms with van der Waals surface area (Å²) in [5, 5.41) is 6.56. The fraction of sp³-hybridized carbons (Fsp3) is 0.136. The summed E-state index contributed by atoms with van der Waals surface area (Å²) in [5.41, 5.74) is 1.97. The second-order valence-corrected chi connectivity index (χ2v) is 6.14. The zero-order valence-electron chi connectivity index (χ0n) is 13.9. The highest BCUT2D eigenvalue weighted by molar-refractivity contribution is 5.85. The smallest absolute Gasteiger partial charge is 0.192 e. The van der Waals surface area contributed by atoms with Gasteiger partial charge in [-0.25, -0.2) is 0 Å². The highest BCUT2D eigenvalue weighted by atomic mass is 16.3. The minimum atomic E-state index is 0.00713. The molecular formula is C22H19NO2. The lowest BCUT2D eigenvalue weighted by molar-refractivity contribution is 0.504. The van der Waals surface area contributed by atoms with Gasteiger partial charge >= 0.3 is 0 Å². The van der Waals surface area contributed by atoms with Gasteiger partial charge in [-0.3, -0.25) is 4.79 Å². The Morgan fingerprint density at radius 1 is 0.840 bits per heavy atom. The van der Waals surface area contributed by atoms with Crippen molar-refractivity contribution in [3.8, 4) is 0 Å². The maximum absolute atomic E-state index is 12.1. The van der Waals surface area contributed by atoms with E-state index in [0.29, 0.717) is 23.3 Å². The number of hydrogen-bond acceptors (Lipinski definition) is 3. The molecule has 1 heterocycles. The third-order valence-electron chi connectivity index (χ3n) is 4.44. The first-order valence-electron chi connectivity index (χ1n) is 8.50. The third kappa shape index (κ3) is 3.32. The first kappa shape index (κ1) is 15.6. The largest absolute Gasteiger partial charge is 0.459 e. The average molecular weight is 329 g/mol. The van der Waals surface area contributed by atoms with Gasteiger partial charge in [-0.2, -0.15) is 0 Å². The molecule has 0 saturated carbocycles. The first-order valence-corrected chi connectivity index (χ1v) is 8.50. The standard InChI is InChI=1S/C22H19NO2/c24-21-14-18(25-22-11-4-3-10-20(21)22)15-23-13-12-17-8-5-7-16-6-1-2-9-19(16)17/h1-11,14,23H,12-13,15H2. The number of nitrogens with one attached hydrogen (secondary N) is 1. The van der Waals surface area contributed by atoms with E-state index >= 15 is 0 Å². The zero-order chi connectivity index (χ0) is 17.1. The van der Waals surface area contributed by atoms with E-state index in [4.69, 9.17) is 4.42 Å². The maximum Gasteiger partial charge on any atom is 0.192 e. The van der Waals surface area contributed by atoms with Gasteiger partial charge in [0.25, 0.3) is 0 Å². The van der Waals surface area contributed by atoms with E-state index in [2.05, 4.69) is 47.8 Å². The molecule has 4 rings (SSSR count). The van der Waals surface area contributed by atoms with Gasteiger partial charge in [-0.15, -0.1) is 0 Å². The molecule has 0 saturated heterocycles. The molecule has 1 N–H and O–H groups in total. The summed E-state index contributed by atoms with van der Waals surface area (Å²) in [6, 6.07) is 23.8. The van der Waals surface area contributed by atoms with Crippen LogP contribution >= 0.6 is 0 Å². The summed E-state index contributed by atoms with van der Waals surface area (Å²) in [4.78, 5) is 12.1. The molecule has 0 atom stereocenters. The summed E-state index contributed by atoms with van der Waals surface area (Å²) in [5.74, 6) is 0.668. The molecule has 1 aromatic heterocycles. The van der Waals surface area contributed by atoms with E-state index in [9.17, 15) is 4.79 Å². The number of benzene rings is 3. The lowest BCUT2D eigenvalue weighted by atomic mass is 10.0. The molecule has 3 nitrogen and oxygen atoms in total. The number of rotatable bonds is 5. The fourth-order valence-electron chi connectivity index (χ4n) is 3.19. The molecule has 0 aliphatic carbocycles. The van der Waals surface area contributed by atoms with Crippen LogP contribution in [0.2, 0.25) is 0 Å². The van der Waals surface area contributed by atoms with Gasteiger partial charge in [0.15, 0.2) is 5.43 Å². The number of hydrogen-bond donors (Lipinski definition) is 1. The predicted octanol–water partition coefficient (Wildman–Crippen LogP) is 4.28. The second-order valence-electron chi connectivity index (χ2n) is 6.14. The van der Waals surface area contributed by atoms with Gasteiger partial charge in [-0.1, -0.05) is 54.6 Å². The number of fused-ring (bicyclic) bond motifs is 2. The first-order chi connectivity index (χ1) is 12.3. The van der Waals surface area contributed by atoms with Crippen LogP contribution in [0.3, 0.4) is 0 Å². The highest BCUT2D eigenvalue weighted by Crippen LogP contribution is 2.18. The van der Waals surface area contributed by atoms with E-state index in [1.807, 2.05) is 18.2 Å². The normalized spacial score (nSPS) is 11.2. The minimum Gasteiger partial charge on any atom is -0.459 e. The Hall–Kier alpha value is -2.91. The van der Waals surface area contributed by atoms with Crippen molar-refractivity contribution in [2.75, 3.05) is 6.54 Å². The highest BCUT2D eigenvalue weighted by Gasteiger charge is 2.04. The Balaban J connectivity index is 1.43. The summed E-state index contributed by atoms with van der Waals surface area (Å²) >= 11 is 0. The SMILES string of the molecule is O=c1cc(CNCCc2cccc3ccccc23)oc2ccccc12. The molecular weight excluding hydrogens is 310 g/mol. The molecule has 0 amide bonds. The van der Waals surface area contributed by atoms with E-state index in [1.165, 1.54) is 16.3 Å². The van der Waals surface area contributed by atoms with Gasteiger partial charge in [0.1, 0.15) is 11.3 Å². The Kier molecular flexibility index (Phi) is 4.32. The van der Waals surface area contributed by atoms with Crippen LogP contribution in [0.25, 0.3) is 21.7 Å². The molecule has 124 valence electrons. The Morgan fingerprint density at radius 2 is 1.60 bits per heavy atom. The average Bonchev–Trinajstić information content (AvgIpc) is 2.65. The van der Waals surface area contributed by atoms with E-state index in [1.54, 1.807) is 12.1 Å². The van der Waals surface area contributed by atoms with Gasteiger partial charge in [-0.05, 0) is 41.4 Å².